The zero-order valence-electron chi connectivity index (χ0n) is 16.8. The molecule has 4 rings (SSSR count). The molecule has 158 valence electrons. The van der Waals surface area contributed by atoms with Gasteiger partial charge in [0.2, 0.25) is 15.9 Å². The van der Waals surface area contributed by atoms with E-state index >= 15 is 0 Å². The summed E-state index contributed by atoms with van der Waals surface area (Å²) in [6.45, 7) is 2.38. The Kier molecular flexibility index (Phi) is 5.77. The minimum absolute atomic E-state index is 0.164. The number of fused-ring (bicyclic) bond motifs is 1. The molecule has 1 saturated heterocycles. The predicted molar refractivity (Wildman–Crippen MR) is 117 cm³/mol. The number of piperidine rings is 1. The highest BCUT2D eigenvalue weighted by atomic mass is 32.2. The first kappa shape index (κ1) is 20.8. The number of nitrogens with one attached hydrogen (secondary N) is 1. The standard InChI is InChI=1S/C21H23N3O4S2/c1-14-10-18(6-7-19(14)28-2)30(26,27)24-9-3-4-15(13-24)21(25)23-17-5-8-20-16(11-17)12-22-29-20/h5-8,10-12,15H,3-4,9,13H2,1-2H3,(H,23,25)/t15-/m1/s1. The van der Waals surface area contributed by atoms with Crippen LogP contribution in [0.25, 0.3) is 10.1 Å². The number of aryl methyl sites for hydroxylation is 1. The number of rotatable bonds is 5. The van der Waals surface area contributed by atoms with Crippen molar-refractivity contribution >= 4 is 43.2 Å². The Morgan fingerprint density at radius 1 is 1.27 bits per heavy atom. The van der Waals surface area contributed by atoms with E-state index < -0.39 is 15.9 Å². The SMILES string of the molecule is COc1ccc(S(=O)(=O)N2CCC[C@@H](C(=O)Nc3ccc4sncc4c3)C2)cc1C. The molecule has 1 aromatic heterocycles. The maximum absolute atomic E-state index is 13.1. The molecule has 1 fully saturated rings. The number of amides is 1. The van der Waals surface area contributed by atoms with Crippen LogP contribution in [0.4, 0.5) is 5.69 Å². The molecule has 9 heteroatoms. The van der Waals surface area contributed by atoms with Crippen molar-refractivity contribution in [1.82, 2.24) is 8.68 Å². The zero-order chi connectivity index (χ0) is 21.3. The number of hydrogen-bond donors (Lipinski definition) is 1. The first-order chi connectivity index (χ1) is 14.4. The molecule has 30 heavy (non-hydrogen) atoms. The number of sulfonamides is 1. The van der Waals surface area contributed by atoms with Crippen LogP contribution in [0, 0.1) is 12.8 Å². The van der Waals surface area contributed by atoms with E-state index in [0.29, 0.717) is 30.8 Å². The molecule has 7 nitrogen and oxygen atoms in total. The minimum atomic E-state index is -3.68. The number of hydrogen-bond acceptors (Lipinski definition) is 6. The van der Waals surface area contributed by atoms with Gasteiger partial charge in [0.15, 0.2) is 0 Å². The van der Waals surface area contributed by atoms with Crippen molar-refractivity contribution in [2.45, 2.75) is 24.7 Å². The highest BCUT2D eigenvalue weighted by Crippen LogP contribution is 2.28. The van der Waals surface area contributed by atoms with E-state index in [1.165, 1.54) is 15.8 Å². The smallest absolute Gasteiger partial charge is 0.243 e. The third kappa shape index (κ3) is 4.05. The Labute approximate surface area is 179 Å². The summed E-state index contributed by atoms with van der Waals surface area (Å²) in [6, 6.07) is 10.5. The van der Waals surface area contributed by atoms with E-state index in [1.807, 2.05) is 25.1 Å². The highest BCUT2D eigenvalue weighted by Gasteiger charge is 2.33. The minimum Gasteiger partial charge on any atom is -0.496 e. The van der Waals surface area contributed by atoms with Crippen LogP contribution in [0.15, 0.2) is 47.5 Å². The fraction of sp³-hybridized carbons (Fsp3) is 0.333. The van der Waals surface area contributed by atoms with E-state index in [1.54, 1.807) is 31.5 Å². The summed E-state index contributed by atoms with van der Waals surface area (Å²) in [5.41, 5.74) is 1.45. The van der Waals surface area contributed by atoms with Gasteiger partial charge in [0.05, 0.1) is 22.6 Å². The van der Waals surface area contributed by atoms with Gasteiger partial charge in [0, 0.05) is 30.4 Å². The fourth-order valence-electron chi connectivity index (χ4n) is 3.73. The van der Waals surface area contributed by atoms with Gasteiger partial charge >= 0.3 is 0 Å². The number of benzene rings is 2. The summed E-state index contributed by atoms with van der Waals surface area (Å²) in [7, 11) is -2.13. The second-order valence-electron chi connectivity index (χ2n) is 7.40. The highest BCUT2D eigenvalue weighted by molar-refractivity contribution is 7.89. The van der Waals surface area contributed by atoms with Crippen LogP contribution >= 0.6 is 11.5 Å². The van der Waals surface area contributed by atoms with Crippen LogP contribution in [-0.2, 0) is 14.8 Å². The van der Waals surface area contributed by atoms with Crippen molar-refractivity contribution in [2.75, 3.05) is 25.5 Å². The van der Waals surface area contributed by atoms with Crippen LogP contribution in [-0.4, -0.2) is 43.2 Å². The van der Waals surface area contributed by atoms with Crippen molar-refractivity contribution < 1.29 is 17.9 Å². The number of methoxy groups -OCH3 is 1. The van der Waals surface area contributed by atoms with Gasteiger partial charge in [-0.05, 0) is 73.3 Å². The fourth-order valence-corrected chi connectivity index (χ4v) is 5.96. The van der Waals surface area contributed by atoms with Crippen LogP contribution in [0.2, 0.25) is 0 Å². The summed E-state index contributed by atoms with van der Waals surface area (Å²) >= 11 is 1.40. The molecule has 2 heterocycles. The largest absolute Gasteiger partial charge is 0.496 e. The summed E-state index contributed by atoms with van der Waals surface area (Å²) in [4.78, 5) is 13.0. The predicted octanol–water partition coefficient (Wildman–Crippen LogP) is 3.65. The summed E-state index contributed by atoms with van der Waals surface area (Å²) in [6.07, 6.45) is 3.06. The Morgan fingerprint density at radius 3 is 2.87 bits per heavy atom. The Hall–Kier alpha value is -2.49. The molecule has 1 aliphatic heterocycles. The Balaban J connectivity index is 1.49. The molecule has 1 aliphatic rings. The number of carbonyl (C=O) groups excluding carboxylic acids is 1. The molecule has 0 aliphatic carbocycles. The summed E-state index contributed by atoms with van der Waals surface area (Å²) < 4.78 is 38.1. The molecule has 0 spiro atoms. The van der Waals surface area contributed by atoms with E-state index in [2.05, 4.69) is 9.69 Å². The van der Waals surface area contributed by atoms with Crippen LogP contribution < -0.4 is 10.1 Å². The average molecular weight is 446 g/mol. The monoisotopic (exact) mass is 445 g/mol. The zero-order valence-corrected chi connectivity index (χ0v) is 18.4. The van der Waals surface area contributed by atoms with Gasteiger partial charge < -0.3 is 10.1 Å². The first-order valence-electron chi connectivity index (χ1n) is 9.68. The van der Waals surface area contributed by atoms with Gasteiger partial charge in [-0.3, -0.25) is 4.79 Å². The lowest BCUT2D eigenvalue weighted by atomic mass is 9.98. The van der Waals surface area contributed by atoms with Crippen molar-refractivity contribution in [2.24, 2.45) is 5.92 Å². The molecule has 3 aromatic rings. The maximum atomic E-state index is 13.1. The number of aromatic nitrogens is 1. The third-order valence-electron chi connectivity index (χ3n) is 5.38. The van der Waals surface area contributed by atoms with Gasteiger partial charge in [-0.1, -0.05) is 0 Å². The molecule has 1 N–H and O–H groups in total. The van der Waals surface area contributed by atoms with E-state index in [9.17, 15) is 13.2 Å². The van der Waals surface area contributed by atoms with Gasteiger partial charge in [-0.25, -0.2) is 8.42 Å². The van der Waals surface area contributed by atoms with Crippen LogP contribution in [0.3, 0.4) is 0 Å². The number of anilines is 1. The summed E-state index contributed by atoms with van der Waals surface area (Å²) in [5.74, 6) is 0.0788. The molecular formula is C21H23N3O4S2. The summed E-state index contributed by atoms with van der Waals surface area (Å²) in [5, 5.41) is 3.90. The van der Waals surface area contributed by atoms with Crippen molar-refractivity contribution in [3.63, 3.8) is 0 Å². The normalized spacial score (nSPS) is 17.7. The molecular weight excluding hydrogens is 422 g/mol. The van der Waals surface area contributed by atoms with E-state index in [0.717, 1.165) is 15.6 Å². The molecule has 0 saturated carbocycles. The lowest BCUT2D eigenvalue weighted by molar-refractivity contribution is -0.120. The Bertz CT molecular complexity index is 1190. The van der Waals surface area contributed by atoms with Gasteiger partial charge in [-0.2, -0.15) is 8.68 Å². The lowest BCUT2D eigenvalue weighted by Gasteiger charge is -2.31. The Morgan fingerprint density at radius 2 is 2.10 bits per heavy atom. The molecule has 0 bridgehead atoms. The molecule has 0 unspecified atom stereocenters. The number of ether oxygens (including phenoxy) is 1. The van der Waals surface area contributed by atoms with Crippen molar-refractivity contribution in [3.05, 3.63) is 48.2 Å². The molecule has 0 radical (unpaired) electrons. The number of nitrogens with zero attached hydrogens (tertiary/aromatic N) is 2. The molecule has 2 aromatic carbocycles. The van der Waals surface area contributed by atoms with Gasteiger partial charge in [-0.15, -0.1) is 0 Å². The number of carbonyl (C=O) groups is 1. The average Bonchev–Trinajstić information content (AvgIpc) is 3.21. The van der Waals surface area contributed by atoms with Crippen LogP contribution in [0.5, 0.6) is 5.75 Å². The first-order valence-corrected chi connectivity index (χ1v) is 11.9. The quantitative estimate of drug-likeness (QED) is 0.648. The lowest BCUT2D eigenvalue weighted by Crippen LogP contribution is -2.43. The second-order valence-corrected chi connectivity index (χ2v) is 10.2. The maximum Gasteiger partial charge on any atom is 0.243 e. The topological polar surface area (TPSA) is 88.6 Å². The van der Waals surface area contributed by atoms with E-state index in [-0.39, 0.29) is 17.3 Å². The molecule has 1 amide bonds. The van der Waals surface area contributed by atoms with Gasteiger partial charge in [0.25, 0.3) is 0 Å². The van der Waals surface area contributed by atoms with Crippen LogP contribution in [0.1, 0.15) is 18.4 Å². The van der Waals surface area contributed by atoms with Crippen molar-refractivity contribution in [1.29, 1.82) is 0 Å². The molecule has 1 atom stereocenters. The third-order valence-corrected chi connectivity index (χ3v) is 8.02. The van der Waals surface area contributed by atoms with Crippen molar-refractivity contribution in [3.8, 4) is 5.75 Å². The van der Waals surface area contributed by atoms with E-state index in [4.69, 9.17) is 4.74 Å². The van der Waals surface area contributed by atoms with Gasteiger partial charge in [0.1, 0.15) is 5.75 Å². The second kappa shape index (κ2) is 8.33.